The van der Waals surface area contributed by atoms with Gasteiger partial charge in [-0.25, -0.2) is 4.79 Å². The molecule has 0 saturated carbocycles. The van der Waals surface area contributed by atoms with Crippen LogP contribution in [0.2, 0.25) is 0 Å². The molecule has 0 fully saturated rings. The summed E-state index contributed by atoms with van der Waals surface area (Å²) >= 11 is 0. The van der Waals surface area contributed by atoms with Gasteiger partial charge in [-0.05, 0) is 61.9 Å². The molecule has 178 valence electrons. The summed E-state index contributed by atoms with van der Waals surface area (Å²) in [6.45, 7) is 3.85. The molecule has 34 heavy (non-hydrogen) atoms. The molecule has 10 heteroatoms. The Morgan fingerprint density at radius 2 is 1.71 bits per heavy atom. The Morgan fingerprint density at radius 1 is 1.00 bits per heavy atom. The first-order chi connectivity index (χ1) is 16.1. The maximum atomic E-state index is 12.7. The van der Waals surface area contributed by atoms with Crippen molar-refractivity contribution in [3.05, 3.63) is 76.6 Å². The molecular formula is C24H20F3NO6. The van der Waals surface area contributed by atoms with Crippen molar-refractivity contribution in [2.75, 3.05) is 13.4 Å². The predicted molar refractivity (Wildman–Crippen MR) is 113 cm³/mol. The summed E-state index contributed by atoms with van der Waals surface area (Å²) < 4.78 is 58.3. The molecule has 0 atom stereocenters. The van der Waals surface area contributed by atoms with Crippen LogP contribution in [-0.4, -0.2) is 36.1 Å². The third-order valence-corrected chi connectivity index (χ3v) is 5.31. The van der Waals surface area contributed by atoms with Gasteiger partial charge in [-0.1, -0.05) is 6.07 Å². The second kappa shape index (κ2) is 9.12. The maximum Gasteiger partial charge on any atom is 0.573 e. The minimum atomic E-state index is -4.83. The van der Waals surface area contributed by atoms with Gasteiger partial charge in [0.15, 0.2) is 18.1 Å². The molecule has 0 N–H and O–H groups in total. The van der Waals surface area contributed by atoms with E-state index in [1.807, 2.05) is 29.7 Å². The molecule has 0 unspecified atom stereocenters. The van der Waals surface area contributed by atoms with Crippen LogP contribution in [0, 0.1) is 13.8 Å². The van der Waals surface area contributed by atoms with E-state index in [9.17, 15) is 22.8 Å². The van der Waals surface area contributed by atoms with E-state index in [2.05, 4.69) is 4.74 Å². The largest absolute Gasteiger partial charge is 0.573 e. The molecule has 0 spiro atoms. The molecule has 0 aliphatic carbocycles. The fourth-order valence-corrected chi connectivity index (χ4v) is 3.63. The second-order valence-corrected chi connectivity index (χ2v) is 7.63. The average Bonchev–Trinajstić information content (AvgIpc) is 3.36. The van der Waals surface area contributed by atoms with Crippen LogP contribution >= 0.6 is 0 Å². The van der Waals surface area contributed by atoms with Gasteiger partial charge in [-0.3, -0.25) is 4.79 Å². The van der Waals surface area contributed by atoms with Crippen molar-refractivity contribution >= 4 is 11.8 Å². The summed E-state index contributed by atoms with van der Waals surface area (Å²) in [4.78, 5) is 24.9. The van der Waals surface area contributed by atoms with E-state index in [4.69, 9.17) is 14.2 Å². The number of carbonyl (C=O) groups is 2. The first-order valence-electron chi connectivity index (χ1n) is 10.2. The normalized spacial score (nSPS) is 12.5. The Bertz CT molecular complexity index is 1230. The number of nitrogens with zero attached hydrogens (tertiary/aromatic N) is 1. The number of Topliss-reactive ketones (excluding diaryl/α,β-unsaturated/α-hetero) is 1. The Hall–Kier alpha value is -3.95. The summed E-state index contributed by atoms with van der Waals surface area (Å²) in [6, 6.07) is 11.6. The number of hydrogen-bond acceptors (Lipinski definition) is 6. The van der Waals surface area contributed by atoms with Crippen molar-refractivity contribution in [2.24, 2.45) is 0 Å². The van der Waals surface area contributed by atoms with Crippen LogP contribution in [0.1, 0.15) is 37.7 Å². The summed E-state index contributed by atoms with van der Waals surface area (Å²) in [5, 5.41) is 0. The second-order valence-electron chi connectivity index (χ2n) is 7.63. The van der Waals surface area contributed by atoms with Crippen LogP contribution < -0.4 is 14.2 Å². The molecule has 1 aromatic heterocycles. The number of carbonyl (C=O) groups excluding carboxylic acids is 2. The Labute approximate surface area is 192 Å². The van der Waals surface area contributed by atoms with E-state index in [1.165, 1.54) is 0 Å². The molecule has 1 aliphatic heterocycles. The molecule has 2 aromatic carbocycles. The van der Waals surface area contributed by atoms with Gasteiger partial charge in [-0.2, -0.15) is 0 Å². The van der Waals surface area contributed by atoms with Crippen molar-refractivity contribution < 1.29 is 41.7 Å². The molecule has 0 bridgehead atoms. The molecule has 7 nitrogen and oxygen atoms in total. The Morgan fingerprint density at radius 3 is 2.41 bits per heavy atom. The summed E-state index contributed by atoms with van der Waals surface area (Å²) in [7, 11) is 0. The first kappa shape index (κ1) is 23.2. The molecule has 0 radical (unpaired) electrons. The molecular weight excluding hydrogens is 455 g/mol. The van der Waals surface area contributed by atoms with Gasteiger partial charge in [-0.15, -0.1) is 13.2 Å². The predicted octanol–water partition coefficient (Wildman–Crippen LogP) is 4.82. The fraction of sp³-hybridized carbons (Fsp3) is 0.250. The number of alkyl halides is 3. The van der Waals surface area contributed by atoms with Crippen LogP contribution in [0.25, 0.3) is 0 Å². The number of ketones is 1. The van der Waals surface area contributed by atoms with Crippen molar-refractivity contribution in [3.8, 4) is 17.2 Å². The quantitative estimate of drug-likeness (QED) is 0.360. The third-order valence-electron chi connectivity index (χ3n) is 5.31. The highest BCUT2D eigenvalue weighted by Gasteiger charge is 2.31. The average molecular weight is 475 g/mol. The smallest absolute Gasteiger partial charge is 0.454 e. The van der Waals surface area contributed by atoms with Gasteiger partial charge in [0.2, 0.25) is 12.6 Å². The van der Waals surface area contributed by atoms with E-state index in [0.717, 1.165) is 35.5 Å². The Balaban J connectivity index is 1.39. The molecule has 0 saturated heterocycles. The van der Waals surface area contributed by atoms with E-state index in [0.29, 0.717) is 29.3 Å². The maximum absolute atomic E-state index is 12.7. The van der Waals surface area contributed by atoms with Crippen molar-refractivity contribution in [1.82, 2.24) is 4.57 Å². The molecule has 3 aromatic rings. The van der Waals surface area contributed by atoms with Crippen LogP contribution in [0.4, 0.5) is 13.2 Å². The zero-order valence-electron chi connectivity index (χ0n) is 18.3. The number of aryl methyl sites for hydroxylation is 1. The van der Waals surface area contributed by atoms with E-state index >= 15 is 0 Å². The zero-order valence-corrected chi connectivity index (χ0v) is 18.3. The van der Waals surface area contributed by atoms with Crippen LogP contribution in [0.15, 0.2) is 48.5 Å². The van der Waals surface area contributed by atoms with E-state index in [-0.39, 0.29) is 12.4 Å². The summed E-state index contributed by atoms with van der Waals surface area (Å²) in [5.74, 6) is -0.336. The van der Waals surface area contributed by atoms with Crippen LogP contribution in [-0.2, 0) is 11.3 Å². The van der Waals surface area contributed by atoms with Gasteiger partial charge in [0.25, 0.3) is 0 Å². The lowest BCUT2D eigenvalue weighted by molar-refractivity contribution is -0.274. The third kappa shape index (κ3) is 5.16. The lowest BCUT2D eigenvalue weighted by Gasteiger charge is -2.11. The number of halogens is 3. The lowest BCUT2D eigenvalue weighted by atomic mass is 10.1. The number of esters is 1. The van der Waals surface area contributed by atoms with Crippen LogP contribution in [0.3, 0.4) is 0 Å². The summed E-state index contributed by atoms with van der Waals surface area (Å²) in [6.07, 6.45) is -4.83. The number of aromatic nitrogens is 1. The van der Waals surface area contributed by atoms with Crippen molar-refractivity contribution in [3.63, 3.8) is 0 Å². The minimum absolute atomic E-state index is 0.00407. The molecule has 1 aliphatic rings. The van der Waals surface area contributed by atoms with Gasteiger partial charge >= 0.3 is 12.3 Å². The highest BCUT2D eigenvalue weighted by atomic mass is 19.4. The SMILES string of the molecule is Cc1cc(C(=O)COC(=O)c2ccc(OC(F)(F)F)cc2)c(C)n1Cc1ccc2c(c1)OCO2. The first-order valence-corrected chi connectivity index (χ1v) is 10.2. The monoisotopic (exact) mass is 475 g/mol. The lowest BCUT2D eigenvalue weighted by Crippen LogP contribution is -2.17. The summed E-state index contributed by atoms with van der Waals surface area (Å²) in [5.41, 5.74) is 2.94. The standard InChI is InChI=1S/C24H20F3NO6/c1-14-9-19(15(2)28(14)11-16-3-8-21-22(10-16)33-13-32-21)20(29)12-31-23(30)17-4-6-18(7-5-17)34-24(25,26)27/h3-10H,11-13H2,1-2H3. The zero-order chi connectivity index (χ0) is 24.5. The van der Waals surface area contributed by atoms with Gasteiger partial charge in [0.1, 0.15) is 5.75 Å². The van der Waals surface area contributed by atoms with Crippen molar-refractivity contribution in [1.29, 1.82) is 0 Å². The van der Waals surface area contributed by atoms with Crippen molar-refractivity contribution in [2.45, 2.75) is 26.8 Å². The molecule has 2 heterocycles. The molecule has 4 rings (SSSR count). The van der Waals surface area contributed by atoms with Gasteiger partial charge in [0, 0.05) is 23.5 Å². The fourth-order valence-electron chi connectivity index (χ4n) is 3.63. The number of hydrogen-bond donors (Lipinski definition) is 0. The number of fused-ring (bicyclic) bond motifs is 1. The minimum Gasteiger partial charge on any atom is -0.454 e. The number of ether oxygens (including phenoxy) is 4. The van der Waals surface area contributed by atoms with Gasteiger partial charge in [0.05, 0.1) is 5.56 Å². The molecule has 0 amide bonds. The topological polar surface area (TPSA) is 76.0 Å². The van der Waals surface area contributed by atoms with Crippen LogP contribution in [0.5, 0.6) is 17.2 Å². The number of benzene rings is 2. The van der Waals surface area contributed by atoms with E-state index < -0.39 is 30.5 Å². The highest BCUT2D eigenvalue weighted by molar-refractivity contribution is 6.00. The highest BCUT2D eigenvalue weighted by Crippen LogP contribution is 2.33. The number of rotatable bonds is 7. The Kier molecular flexibility index (Phi) is 6.23. The van der Waals surface area contributed by atoms with Gasteiger partial charge < -0.3 is 23.5 Å². The van der Waals surface area contributed by atoms with E-state index in [1.54, 1.807) is 13.0 Å².